The lowest BCUT2D eigenvalue weighted by Crippen LogP contribution is -2.39. The van der Waals surface area contributed by atoms with Crippen molar-refractivity contribution in [2.45, 2.75) is 17.7 Å². The Morgan fingerprint density at radius 1 is 1.42 bits per heavy atom. The molecule has 2 rings (SSSR count). The van der Waals surface area contributed by atoms with Gasteiger partial charge >= 0.3 is 0 Å². The number of nitrogens with two attached hydrogens (primary N) is 1. The van der Waals surface area contributed by atoms with E-state index in [1.165, 1.54) is 6.26 Å². The van der Waals surface area contributed by atoms with Gasteiger partial charge in [0.05, 0.1) is 6.26 Å². The third-order valence-corrected chi connectivity index (χ3v) is 5.93. The number of nitrogens with zero attached hydrogens (tertiary/aromatic N) is 1. The SMILES string of the molecule is CS(=O)(=O)N1CCCC(CSc2ccccc2N)C1. The van der Waals surface area contributed by atoms with Gasteiger partial charge < -0.3 is 5.73 Å². The van der Waals surface area contributed by atoms with Crippen LogP contribution in [0.3, 0.4) is 0 Å². The van der Waals surface area contributed by atoms with Crippen LogP contribution >= 0.6 is 11.8 Å². The molecule has 0 saturated carbocycles. The molecule has 106 valence electrons. The van der Waals surface area contributed by atoms with E-state index in [0.29, 0.717) is 19.0 Å². The Hall–Kier alpha value is -0.720. The first-order valence-electron chi connectivity index (χ1n) is 6.39. The summed E-state index contributed by atoms with van der Waals surface area (Å²) in [6.07, 6.45) is 3.33. The van der Waals surface area contributed by atoms with Crippen molar-refractivity contribution in [3.63, 3.8) is 0 Å². The minimum absolute atomic E-state index is 0.410. The fourth-order valence-corrected chi connectivity index (χ4v) is 4.32. The van der Waals surface area contributed by atoms with Crippen LogP contribution in [0.15, 0.2) is 29.2 Å². The molecule has 1 aromatic carbocycles. The Labute approximate surface area is 119 Å². The van der Waals surface area contributed by atoms with Crippen molar-refractivity contribution < 1.29 is 8.42 Å². The van der Waals surface area contributed by atoms with Crippen LogP contribution in [-0.2, 0) is 10.0 Å². The highest BCUT2D eigenvalue weighted by atomic mass is 32.2. The number of para-hydroxylation sites is 1. The summed E-state index contributed by atoms with van der Waals surface area (Å²) >= 11 is 1.72. The molecule has 0 bridgehead atoms. The first kappa shape index (κ1) is 14.7. The molecule has 0 spiro atoms. The molecule has 0 aliphatic carbocycles. The molecule has 1 aromatic rings. The van der Waals surface area contributed by atoms with Crippen LogP contribution in [0.4, 0.5) is 5.69 Å². The van der Waals surface area contributed by atoms with Gasteiger partial charge in [-0.3, -0.25) is 0 Å². The number of benzene rings is 1. The minimum Gasteiger partial charge on any atom is -0.398 e. The molecular weight excluding hydrogens is 280 g/mol. The second-order valence-electron chi connectivity index (χ2n) is 4.98. The summed E-state index contributed by atoms with van der Waals surface area (Å²) in [5.74, 6) is 1.33. The van der Waals surface area contributed by atoms with Crippen molar-refractivity contribution in [2.75, 3.05) is 30.8 Å². The van der Waals surface area contributed by atoms with Gasteiger partial charge in [-0.25, -0.2) is 12.7 Å². The number of hydrogen-bond acceptors (Lipinski definition) is 4. The molecule has 1 aliphatic rings. The molecule has 0 aromatic heterocycles. The van der Waals surface area contributed by atoms with Crippen LogP contribution in [0.25, 0.3) is 0 Å². The molecular formula is C13H20N2O2S2. The molecule has 1 atom stereocenters. The van der Waals surface area contributed by atoms with E-state index in [1.807, 2.05) is 24.3 Å². The van der Waals surface area contributed by atoms with Crippen LogP contribution in [0, 0.1) is 5.92 Å². The number of sulfonamides is 1. The summed E-state index contributed by atoms with van der Waals surface area (Å²) in [6, 6.07) is 7.80. The van der Waals surface area contributed by atoms with E-state index in [-0.39, 0.29) is 0 Å². The standard InChI is InChI=1S/C13H20N2O2S2/c1-19(16,17)15-8-4-5-11(9-15)10-18-13-7-3-2-6-12(13)14/h2-3,6-7,11H,4-5,8-10,14H2,1H3. The van der Waals surface area contributed by atoms with Crippen LogP contribution in [-0.4, -0.2) is 37.8 Å². The van der Waals surface area contributed by atoms with E-state index in [2.05, 4.69) is 0 Å². The lowest BCUT2D eigenvalue weighted by molar-refractivity contribution is 0.286. The van der Waals surface area contributed by atoms with Crippen molar-refractivity contribution in [3.05, 3.63) is 24.3 Å². The number of piperidine rings is 1. The van der Waals surface area contributed by atoms with E-state index in [9.17, 15) is 8.42 Å². The predicted octanol–water partition coefficient (Wildman–Crippen LogP) is 2.03. The summed E-state index contributed by atoms with van der Waals surface area (Å²) in [5, 5.41) is 0. The van der Waals surface area contributed by atoms with Crippen molar-refractivity contribution >= 4 is 27.5 Å². The maximum atomic E-state index is 11.6. The predicted molar refractivity (Wildman–Crippen MR) is 80.7 cm³/mol. The summed E-state index contributed by atoms with van der Waals surface area (Å²) in [5.41, 5.74) is 6.70. The van der Waals surface area contributed by atoms with Gasteiger partial charge in [-0.2, -0.15) is 0 Å². The lowest BCUT2D eigenvalue weighted by Gasteiger charge is -2.30. The number of nitrogen functional groups attached to an aromatic ring is 1. The Bertz CT molecular complexity index is 531. The monoisotopic (exact) mass is 300 g/mol. The zero-order valence-corrected chi connectivity index (χ0v) is 12.7. The second-order valence-corrected chi connectivity index (χ2v) is 8.02. The molecule has 0 radical (unpaired) electrons. The average Bonchev–Trinajstić information content (AvgIpc) is 2.37. The summed E-state index contributed by atoms with van der Waals surface area (Å²) in [7, 11) is -3.05. The van der Waals surface area contributed by atoms with Crippen LogP contribution in [0.2, 0.25) is 0 Å². The third-order valence-electron chi connectivity index (χ3n) is 3.34. The maximum absolute atomic E-state index is 11.6. The van der Waals surface area contributed by atoms with Crippen LogP contribution < -0.4 is 5.73 Å². The molecule has 1 heterocycles. The Morgan fingerprint density at radius 2 is 2.16 bits per heavy atom. The van der Waals surface area contributed by atoms with Crippen molar-refractivity contribution in [1.29, 1.82) is 0 Å². The molecule has 1 fully saturated rings. The highest BCUT2D eigenvalue weighted by Gasteiger charge is 2.25. The Balaban J connectivity index is 1.92. The van der Waals surface area contributed by atoms with Gasteiger partial charge in [0.2, 0.25) is 10.0 Å². The molecule has 2 N–H and O–H groups in total. The zero-order valence-electron chi connectivity index (χ0n) is 11.1. The largest absolute Gasteiger partial charge is 0.398 e. The van der Waals surface area contributed by atoms with Crippen molar-refractivity contribution in [2.24, 2.45) is 5.92 Å². The average molecular weight is 300 g/mol. The molecule has 1 saturated heterocycles. The second kappa shape index (κ2) is 6.15. The van der Waals surface area contributed by atoms with Crippen molar-refractivity contribution in [1.82, 2.24) is 4.31 Å². The maximum Gasteiger partial charge on any atom is 0.211 e. The van der Waals surface area contributed by atoms with E-state index < -0.39 is 10.0 Å². The topological polar surface area (TPSA) is 63.4 Å². The van der Waals surface area contributed by atoms with Crippen molar-refractivity contribution in [3.8, 4) is 0 Å². The van der Waals surface area contributed by atoms with E-state index in [0.717, 1.165) is 29.2 Å². The smallest absolute Gasteiger partial charge is 0.211 e. The van der Waals surface area contributed by atoms with Gasteiger partial charge in [0.25, 0.3) is 0 Å². The van der Waals surface area contributed by atoms with Gasteiger partial charge in [0.1, 0.15) is 0 Å². The summed E-state index contributed by atoms with van der Waals surface area (Å²) in [6.45, 7) is 1.30. The Kier molecular flexibility index (Phi) is 4.76. The normalized spacial score (nSPS) is 21.4. The molecule has 1 unspecified atom stereocenters. The zero-order chi connectivity index (χ0) is 13.9. The van der Waals surface area contributed by atoms with Gasteiger partial charge in [0, 0.05) is 29.4 Å². The summed E-state index contributed by atoms with van der Waals surface area (Å²) < 4.78 is 24.7. The summed E-state index contributed by atoms with van der Waals surface area (Å²) in [4.78, 5) is 1.08. The highest BCUT2D eigenvalue weighted by molar-refractivity contribution is 7.99. The minimum atomic E-state index is -3.05. The molecule has 19 heavy (non-hydrogen) atoms. The first-order chi connectivity index (χ1) is 8.97. The number of anilines is 1. The van der Waals surface area contributed by atoms with Gasteiger partial charge in [-0.15, -0.1) is 11.8 Å². The fraction of sp³-hybridized carbons (Fsp3) is 0.538. The number of rotatable bonds is 4. The molecule has 0 amide bonds. The van der Waals surface area contributed by atoms with Crippen LogP contribution in [0.5, 0.6) is 0 Å². The Morgan fingerprint density at radius 3 is 2.84 bits per heavy atom. The quantitative estimate of drug-likeness (QED) is 0.682. The van der Waals surface area contributed by atoms with Gasteiger partial charge in [0.15, 0.2) is 0 Å². The van der Waals surface area contributed by atoms with Gasteiger partial charge in [-0.1, -0.05) is 12.1 Å². The lowest BCUT2D eigenvalue weighted by atomic mass is 10.0. The van der Waals surface area contributed by atoms with Gasteiger partial charge in [-0.05, 0) is 30.9 Å². The molecule has 1 aliphatic heterocycles. The molecule has 6 heteroatoms. The van der Waals surface area contributed by atoms with E-state index >= 15 is 0 Å². The van der Waals surface area contributed by atoms with E-state index in [1.54, 1.807) is 16.1 Å². The van der Waals surface area contributed by atoms with Crippen LogP contribution in [0.1, 0.15) is 12.8 Å². The molecule has 4 nitrogen and oxygen atoms in total. The first-order valence-corrected chi connectivity index (χ1v) is 9.22. The number of thioether (sulfide) groups is 1. The number of hydrogen-bond donors (Lipinski definition) is 1. The third kappa shape index (κ3) is 4.12. The highest BCUT2D eigenvalue weighted by Crippen LogP contribution is 2.29. The van der Waals surface area contributed by atoms with E-state index in [4.69, 9.17) is 5.73 Å². The fourth-order valence-electron chi connectivity index (χ4n) is 2.28.